The van der Waals surface area contributed by atoms with Gasteiger partial charge in [0.2, 0.25) is 0 Å². The van der Waals surface area contributed by atoms with Crippen LogP contribution in [-0.2, 0) is 6.54 Å². The normalized spacial score (nSPS) is 23.7. The van der Waals surface area contributed by atoms with Crippen LogP contribution in [0.15, 0.2) is 30.3 Å². The van der Waals surface area contributed by atoms with Gasteiger partial charge in [-0.15, -0.1) is 0 Å². The standard InChI is InChI=1S/C12H18N2S/c13-12-9-14(6-7-15-10-12)8-11-4-2-1-3-5-11/h1-5,12H,6-10,13H2. The molecule has 1 aliphatic rings. The van der Waals surface area contributed by atoms with Gasteiger partial charge in [0, 0.05) is 37.2 Å². The Kier molecular flexibility index (Phi) is 4.06. The predicted octanol–water partition coefficient (Wildman–Crippen LogP) is 1.56. The van der Waals surface area contributed by atoms with Crippen LogP contribution in [0.1, 0.15) is 5.56 Å². The van der Waals surface area contributed by atoms with E-state index in [1.165, 1.54) is 11.3 Å². The minimum Gasteiger partial charge on any atom is -0.326 e. The number of benzene rings is 1. The highest BCUT2D eigenvalue weighted by Crippen LogP contribution is 2.12. The van der Waals surface area contributed by atoms with Gasteiger partial charge < -0.3 is 5.73 Å². The third-order valence-electron chi connectivity index (χ3n) is 2.63. The lowest BCUT2D eigenvalue weighted by Gasteiger charge is -2.21. The lowest BCUT2D eigenvalue weighted by Crippen LogP contribution is -2.37. The van der Waals surface area contributed by atoms with Crippen molar-refractivity contribution in [2.24, 2.45) is 5.73 Å². The van der Waals surface area contributed by atoms with Crippen molar-refractivity contribution in [2.75, 3.05) is 24.6 Å². The summed E-state index contributed by atoms with van der Waals surface area (Å²) < 4.78 is 0. The second-order valence-corrected chi connectivity index (χ2v) is 5.21. The molecule has 1 heterocycles. The summed E-state index contributed by atoms with van der Waals surface area (Å²) in [5, 5.41) is 0. The number of hydrogen-bond acceptors (Lipinski definition) is 3. The highest BCUT2D eigenvalue weighted by atomic mass is 32.2. The van der Waals surface area contributed by atoms with Crippen molar-refractivity contribution in [2.45, 2.75) is 12.6 Å². The molecular weight excluding hydrogens is 204 g/mol. The maximum absolute atomic E-state index is 6.02. The number of rotatable bonds is 2. The van der Waals surface area contributed by atoms with Crippen LogP contribution < -0.4 is 5.73 Å². The first-order chi connectivity index (χ1) is 7.34. The van der Waals surface area contributed by atoms with Crippen LogP contribution in [0, 0.1) is 0 Å². The molecule has 15 heavy (non-hydrogen) atoms. The molecule has 1 fully saturated rings. The van der Waals surface area contributed by atoms with Gasteiger partial charge in [-0.25, -0.2) is 0 Å². The van der Waals surface area contributed by atoms with E-state index in [9.17, 15) is 0 Å². The molecule has 1 aromatic carbocycles. The Morgan fingerprint density at radius 1 is 1.33 bits per heavy atom. The Hall–Kier alpha value is -0.510. The Morgan fingerprint density at radius 2 is 2.13 bits per heavy atom. The second kappa shape index (κ2) is 5.54. The zero-order valence-electron chi connectivity index (χ0n) is 8.93. The highest BCUT2D eigenvalue weighted by Gasteiger charge is 2.14. The summed E-state index contributed by atoms with van der Waals surface area (Å²) in [6.45, 7) is 3.23. The molecule has 2 nitrogen and oxygen atoms in total. The average molecular weight is 222 g/mol. The Balaban J connectivity index is 1.93. The molecule has 0 radical (unpaired) electrons. The molecule has 2 N–H and O–H groups in total. The van der Waals surface area contributed by atoms with Gasteiger partial charge in [0.15, 0.2) is 0 Å². The van der Waals surface area contributed by atoms with Gasteiger partial charge in [-0.2, -0.15) is 11.8 Å². The fourth-order valence-corrected chi connectivity index (χ4v) is 2.85. The van der Waals surface area contributed by atoms with Crippen LogP contribution >= 0.6 is 11.8 Å². The summed E-state index contributed by atoms with van der Waals surface area (Å²) in [5.41, 5.74) is 7.40. The SMILES string of the molecule is NC1CSCCN(Cc2ccccc2)C1. The zero-order valence-corrected chi connectivity index (χ0v) is 9.75. The second-order valence-electron chi connectivity index (χ2n) is 4.06. The van der Waals surface area contributed by atoms with Crippen molar-refractivity contribution in [3.63, 3.8) is 0 Å². The summed E-state index contributed by atoms with van der Waals surface area (Å²) in [5.74, 6) is 2.31. The van der Waals surface area contributed by atoms with Gasteiger partial charge >= 0.3 is 0 Å². The van der Waals surface area contributed by atoms with Crippen molar-refractivity contribution >= 4 is 11.8 Å². The molecule has 1 unspecified atom stereocenters. The van der Waals surface area contributed by atoms with Crippen molar-refractivity contribution < 1.29 is 0 Å². The Morgan fingerprint density at radius 3 is 2.93 bits per heavy atom. The maximum atomic E-state index is 6.02. The monoisotopic (exact) mass is 222 g/mol. The summed E-state index contributed by atoms with van der Waals surface area (Å²) in [6.07, 6.45) is 0. The molecule has 0 aromatic heterocycles. The molecule has 0 bridgehead atoms. The van der Waals surface area contributed by atoms with Crippen molar-refractivity contribution in [1.82, 2.24) is 4.90 Å². The molecule has 0 saturated carbocycles. The van der Waals surface area contributed by atoms with E-state index in [1.54, 1.807) is 0 Å². The largest absolute Gasteiger partial charge is 0.326 e. The number of thioether (sulfide) groups is 1. The molecule has 0 aliphatic carbocycles. The smallest absolute Gasteiger partial charge is 0.0259 e. The van der Waals surface area contributed by atoms with E-state index in [0.717, 1.165) is 25.4 Å². The summed E-state index contributed by atoms with van der Waals surface area (Å²) >= 11 is 1.97. The number of nitrogens with two attached hydrogens (primary N) is 1. The van der Waals surface area contributed by atoms with Crippen molar-refractivity contribution in [3.8, 4) is 0 Å². The van der Waals surface area contributed by atoms with Crippen LogP contribution in [0.4, 0.5) is 0 Å². The quantitative estimate of drug-likeness (QED) is 0.823. The lowest BCUT2D eigenvalue weighted by atomic mass is 10.2. The molecular formula is C12H18N2S. The van der Waals surface area contributed by atoms with E-state index in [4.69, 9.17) is 5.73 Å². The highest BCUT2D eigenvalue weighted by molar-refractivity contribution is 7.99. The fraction of sp³-hybridized carbons (Fsp3) is 0.500. The number of hydrogen-bond donors (Lipinski definition) is 1. The fourth-order valence-electron chi connectivity index (χ4n) is 1.89. The zero-order chi connectivity index (χ0) is 10.5. The van der Waals surface area contributed by atoms with Crippen molar-refractivity contribution in [1.29, 1.82) is 0 Å². The van der Waals surface area contributed by atoms with Crippen molar-refractivity contribution in [3.05, 3.63) is 35.9 Å². The van der Waals surface area contributed by atoms with E-state index < -0.39 is 0 Å². The van der Waals surface area contributed by atoms with Crippen LogP contribution in [0.3, 0.4) is 0 Å². The minimum atomic E-state index is 0.334. The van der Waals surface area contributed by atoms with Gasteiger partial charge in [0.25, 0.3) is 0 Å². The van der Waals surface area contributed by atoms with E-state index in [-0.39, 0.29) is 0 Å². The molecule has 1 aromatic rings. The minimum absolute atomic E-state index is 0.334. The molecule has 1 atom stereocenters. The van der Waals surface area contributed by atoms with Gasteiger partial charge in [-0.05, 0) is 5.56 Å². The van der Waals surface area contributed by atoms with E-state index in [2.05, 4.69) is 35.2 Å². The lowest BCUT2D eigenvalue weighted by molar-refractivity contribution is 0.274. The Labute approximate surface area is 95.8 Å². The first kappa shape index (κ1) is 11.0. The third kappa shape index (κ3) is 3.52. The van der Waals surface area contributed by atoms with Crippen LogP contribution in [0.5, 0.6) is 0 Å². The van der Waals surface area contributed by atoms with Gasteiger partial charge in [0.1, 0.15) is 0 Å². The van der Waals surface area contributed by atoms with E-state index in [0.29, 0.717) is 6.04 Å². The molecule has 82 valence electrons. The molecule has 1 saturated heterocycles. The van der Waals surface area contributed by atoms with Crippen LogP contribution in [0.25, 0.3) is 0 Å². The molecule has 0 amide bonds. The Bertz CT molecular complexity index is 289. The molecule has 2 rings (SSSR count). The molecule has 0 spiro atoms. The van der Waals surface area contributed by atoms with Crippen LogP contribution in [0.2, 0.25) is 0 Å². The maximum Gasteiger partial charge on any atom is 0.0259 e. The third-order valence-corrected chi connectivity index (χ3v) is 3.76. The summed E-state index contributed by atoms with van der Waals surface area (Å²) in [6, 6.07) is 11.0. The average Bonchev–Trinajstić information content (AvgIpc) is 2.44. The first-order valence-electron chi connectivity index (χ1n) is 5.44. The summed E-state index contributed by atoms with van der Waals surface area (Å²) in [7, 11) is 0. The van der Waals surface area contributed by atoms with E-state index in [1.807, 2.05) is 11.8 Å². The molecule has 1 aliphatic heterocycles. The van der Waals surface area contributed by atoms with Crippen LogP contribution in [-0.4, -0.2) is 35.5 Å². The van der Waals surface area contributed by atoms with Gasteiger partial charge in [-0.3, -0.25) is 4.90 Å². The predicted molar refractivity (Wildman–Crippen MR) is 67.0 cm³/mol. The van der Waals surface area contributed by atoms with Gasteiger partial charge in [0.05, 0.1) is 0 Å². The number of nitrogens with zero attached hydrogens (tertiary/aromatic N) is 1. The van der Waals surface area contributed by atoms with Gasteiger partial charge in [-0.1, -0.05) is 30.3 Å². The first-order valence-corrected chi connectivity index (χ1v) is 6.59. The van der Waals surface area contributed by atoms with E-state index >= 15 is 0 Å². The molecule has 3 heteroatoms. The summed E-state index contributed by atoms with van der Waals surface area (Å²) in [4.78, 5) is 2.46. The topological polar surface area (TPSA) is 29.3 Å².